The summed E-state index contributed by atoms with van der Waals surface area (Å²) >= 11 is 3.92. The molecule has 2 rings (SSSR count). The van der Waals surface area contributed by atoms with Crippen molar-refractivity contribution in [3.8, 4) is 10.6 Å². The van der Waals surface area contributed by atoms with E-state index in [1.165, 1.54) is 0 Å². The molecule has 0 N–H and O–H groups in total. The minimum absolute atomic E-state index is 0.101. The van der Waals surface area contributed by atoms with Crippen molar-refractivity contribution >= 4 is 27.3 Å². The molecule has 0 aliphatic heterocycles. The zero-order chi connectivity index (χ0) is 11.9. The Morgan fingerprint density at radius 2 is 1.81 bits per heavy atom. The molecule has 0 aliphatic rings. The number of aromatic nitrogens is 2. The quantitative estimate of drug-likeness (QED) is 0.593. The predicted molar refractivity (Wildman–Crippen MR) is 57.7 cm³/mol. The number of nitrogens with zero attached hydrogens (tertiary/aromatic N) is 2. The zero-order valence-corrected chi connectivity index (χ0v) is 10.3. The molecule has 84 valence electrons. The lowest BCUT2D eigenvalue weighted by Gasteiger charge is -2.02. The van der Waals surface area contributed by atoms with Gasteiger partial charge in [-0.3, -0.25) is 0 Å². The number of halogens is 4. The number of aryl methyl sites for hydroxylation is 1. The summed E-state index contributed by atoms with van der Waals surface area (Å²) in [6.45, 7) is 1.69. The molecule has 1 aromatic heterocycles. The van der Waals surface area contributed by atoms with Crippen LogP contribution in [0, 0.1) is 24.4 Å². The molecule has 0 unspecified atom stereocenters. The lowest BCUT2D eigenvalue weighted by molar-refractivity contribution is 0.446. The van der Waals surface area contributed by atoms with Crippen molar-refractivity contribution in [2.75, 3.05) is 0 Å². The molecule has 16 heavy (non-hydrogen) atoms. The Bertz CT molecular complexity index is 556. The van der Waals surface area contributed by atoms with Crippen LogP contribution < -0.4 is 0 Å². The lowest BCUT2D eigenvalue weighted by atomic mass is 10.2. The van der Waals surface area contributed by atoms with Gasteiger partial charge in [-0.05, 0) is 28.9 Å². The summed E-state index contributed by atoms with van der Waals surface area (Å²) < 4.78 is 39.4. The van der Waals surface area contributed by atoms with E-state index in [0.29, 0.717) is 5.01 Å². The Morgan fingerprint density at radius 3 is 2.38 bits per heavy atom. The monoisotopic (exact) mass is 308 g/mol. The van der Waals surface area contributed by atoms with Crippen LogP contribution in [-0.2, 0) is 0 Å². The molecule has 0 bridgehead atoms. The van der Waals surface area contributed by atoms with Crippen LogP contribution in [-0.4, -0.2) is 10.2 Å². The number of hydrogen-bond acceptors (Lipinski definition) is 3. The first-order valence-electron chi connectivity index (χ1n) is 4.14. The van der Waals surface area contributed by atoms with E-state index in [4.69, 9.17) is 0 Å². The molecule has 2 nitrogen and oxygen atoms in total. The minimum Gasteiger partial charge on any atom is -0.203 e. The normalized spacial score (nSPS) is 10.8. The molecule has 0 amide bonds. The van der Waals surface area contributed by atoms with E-state index in [9.17, 15) is 13.2 Å². The third kappa shape index (κ3) is 1.84. The molecule has 0 saturated heterocycles. The van der Waals surface area contributed by atoms with Crippen molar-refractivity contribution in [1.82, 2.24) is 10.2 Å². The Hall–Kier alpha value is -0.950. The first-order valence-corrected chi connectivity index (χ1v) is 5.75. The first kappa shape index (κ1) is 11.5. The van der Waals surface area contributed by atoms with Gasteiger partial charge in [-0.2, -0.15) is 0 Å². The number of rotatable bonds is 1. The summed E-state index contributed by atoms with van der Waals surface area (Å²) in [5, 5.41) is 8.20. The molecule has 0 aliphatic carbocycles. The summed E-state index contributed by atoms with van der Waals surface area (Å²) in [7, 11) is 0. The molecular formula is C9H4BrF3N2S. The van der Waals surface area contributed by atoms with Gasteiger partial charge in [-0.15, -0.1) is 10.2 Å². The molecule has 1 heterocycles. The Balaban J connectivity index is 2.66. The van der Waals surface area contributed by atoms with Gasteiger partial charge in [0.15, 0.2) is 22.5 Å². The molecule has 0 spiro atoms. The van der Waals surface area contributed by atoms with Crippen LogP contribution in [0.25, 0.3) is 10.6 Å². The molecular weight excluding hydrogens is 305 g/mol. The van der Waals surface area contributed by atoms with E-state index in [1.807, 2.05) is 0 Å². The average molecular weight is 309 g/mol. The van der Waals surface area contributed by atoms with E-state index in [2.05, 4.69) is 26.1 Å². The smallest absolute Gasteiger partial charge is 0.196 e. The van der Waals surface area contributed by atoms with Crippen LogP contribution in [0.3, 0.4) is 0 Å². The molecule has 0 fully saturated rings. The van der Waals surface area contributed by atoms with Gasteiger partial charge in [-0.1, -0.05) is 11.3 Å². The maximum Gasteiger partial charge on any atom is 0.196 e. The summed E-state index contributed by atoms with van der Waals surface area (Å²) in [5.74, 6) is -4.02. The van der Waals surface area contributed by atoms with E-state index in [-0.39, 0.29) is 15.0 Å². The summed E-state index contributed by atoms with van der Waals surface area (Å²) in [4.78, 5) is 0. The molecule has 2 aromatic rings. The summed E-state index contributed by atoms with van der Waals surface area (Å²) in [5.41, 5.74) is -0.101. The topological polar surface area (TPSA) is 25.8 Å². The van der Waals surface area contributed by atoms with Crippen LogP contribution in [0.5, 0.6) is 0 Å². The Morgan fingerprint density at radius 1 is 1.12 bits per heavy atom. The maximum atomic E-state index is 13.4. The van der Waals surface area contributed by atoms with Gasteiger partial charge in [0.1, 0.15) is 5.01 Å². The van der Waals surface area contributed by atoms with Gasteiger partial charge in [0.05, 0.1) is 10.0 Å². The van der Waals surface area contributed by atoms with E-state index >= 15 is 0 Å². The van der Waals surface area contributed by atoms with Crippen molar-refractivity contribution in [3.63, 3.8) is 0 Å². The third-order valence-corrected chi connectivity index (χ3v) is 3.31. The second-order valence-electron chi connectivity index (χ2n) is 2.97. The standard InChI is InChI=1S/C9H4BrF3N2S/c1-3-14-15-9(16-3)4-2-5(10)7(12)8(13)6(4)11/h2H,1H3. The highest BCUT2D eigenvalue weighted by Crippen LogP contribution is 2.32. The number of hydrogen-bond donors (Lipinski definition) is 0. The number of benzene rings is 1. The third-order valence-electron chi connectivity index (χ3n) is 1.86. The largest absolute Gasteiger partial charge is 0.203 e. The Labute approximate surface area is 101 Å². The van der Waals surface area contributed by atoms with Crippen LogP contribution in [0.1, 0.15) is 5.01 Å². The van der Waals surface area contributed by atoms with Crippen LogP contribution >= 0.6 is 27.3 Å². The highest BCUT2D eigenvalue weighted by atomic mass is 79.9. The molecule has 1 aromatic carbocycles. The predicted octanol–water partition coefficient (Wildman–Crippen LogP) is 3.69. The van der Waals surface area contributed by atoms with E-state index < -0.39 is 17.5 Å². The van der Waals surface area contributed by atoms with Gasteiger partial charge >= 0.3 is 0 Å². The summed E-state index contributed by atoms with van der Waals surface area (Å²) in [6.07, 6.45) is 0. The van der Waals surface area contributed by atoms with Crippen LogP contribution in [0.2, 0.25) is 0 Å². The van der Waals surface area contributed by atoms with Crippen molar-refractivity contribution in [1.29, 1.82) is 0 Å². The first-order chi connectivity index (χ1) is 7.50. The highest BCUT2D eigenvalue weighted by Gasteiger charge is 2.20. The lowest BCUT2D eigenvalue weighted by Crippen LogP contribution is -1.95. The van der Waals surface area contributed by atoms with Crippen molar-refractivity contribution < 1.29 is 13.2 Å². The minimum atomic E-state index is -1.52. The molecule has 0 saturated carbocycles. The fraction of sp³-hybridized carbons (Fsp3) is 0.111. The summed E-state index contributed by atoms with van der Waals surface area (Å²) in [6, 6.07) is 1.15. The van der Waals surface area contributed by atoms with Gasteiger partial charge in [0, 0.05) is 0 Å². The second-order valence-corrected chi connectivity index (χ2v) is 5.01. The molecule has 7 heteroatoms. The fourth-order valence-corrected chi connectivity index (χ4v) is 2.24. The van der Waals surface area contributed by atoms with Gasteiger partial charge < -0.3 is 0 Å². The SMILES string of the molecule is Cc1nnc(-c2cc(Br)c(F)c(F)c2F)s1. The van der Waals surface area contributed by atoms with E-state index in [0.717, 1.165) is 17.4 Å². The van der Waals surface area contributed by atoms with Crippen LogP contribution in [0.4, 0.5) is 13.2 Å². The average Bonchev–Trinajstić information content (AvgIpc) is 2.67. The maximum absolute atomic E-state index is 13.4. The highest BCUT2D eigenvalue weighted by molar-refractivity contribution is 9.10. The van der Waals surface area contributed by atoms with Gasteiger partial charge in [0.25, 0.3) is 0 Å². The fourth-order valence-electron chi connectivity index (χ4n) is 1.13. The molecule has 0 radical (unpaired) electrons. The van der Waals surface area contributed by atoms with Gasteiger partial charge in [0.2, 0.25) is 0 Å². The van der Waals surface area contributed by atoms with Crippen molar-refractivity contribution in [2.45, 2.75) is 6.92 Å². The Kier molecular flexibility index (Phi) is 2.98. The second kappa shape index (κ2) is 4.14. The van der Waals surface area contributed by atoms with Crippen LogP contribution in [0.15, 0.2) is 10.5 Å². The zero-order valence-electron chi connectivity index (χ0n) is 7.89. The van der Waals surface area contributed by atoms with Gasteiger partial charge in [-0.25, -0.2) is 13.2 Å². The van der Waals surface area contributed by atoms with Crippen molar-refractivity contribution in [3.05, 3.63) is 33.0 Å². The van der Waals surface area contributed by atoms with Crippen molar-refractivity contribution in [2.24, 2.45) is 0 Å². The molecule has 0 atom stereocenters. The van der Waals surface area contributed by atoms with E-state index in [1.54, 1.807) is 6.92 Å².